The number of hydrogen-bond donors (Lipinski definition) is 1. The van der Waals surface area contributed by atoms with Gasteiger partial charge in [0.25, 0.3) is 5.91 Å². The van der Waals surface area contributed by atoms with Crippen molar-refractivity contribution in [1.82, 2.24) is 9.88 Å². The third-order valence-corrected chi connectivity index (χ3v) is 9.78. The van der Waals surface area contributed by atoms with Crippen LogP contribution in [-0.4, -0.2) is 72.9 Å². The number of imide groups is 1. The van der Waals surface area contributed by atoms with Crippen LogP contribution in [0.15, 0.2) is 52.3 Å². The molecule has 0 bridgehead atoms. The molecule has 40 heavy (non-hydrogen) atoms. The molecule has 4 heterocycles. The number of nitrogens with one attached hydrogen (secondary N) is 1. The predicted octanol–water partition coefficient (Wildman–Crippen LogP) is 2.79. The van der Waals surface area contributed by atoms with E-state index in [1.54, 1.807) is 35.2 Å². The molecule has 3 atom stereocenters. The Morgan fingerprint density at radius 2 is 1.80 bits per heavy atom. The molecular formula is C28H27N3O7S2. The summed E-state index contributed by atoms with van der Waals surface area (Å²) in [5.41, 5.74) is 2.26. The Morgan fingerprint density at radius 3 is 2.52 bits per heavy atom. The average Bonchev–Trinajstić information content (AvgIpc) is 3.46. The van der Waals surface area contributed by atoms with Crippen LogP contribution in [0.25, 0.3) is 0 Å². The number of fused-ring (bicyclic) bond motifs is 2. The molecule has 0 aliphatic carbocycles. The minimum atomic E-state index is -0.711. The maximum Gasteiger partial charge on any atom is 0.305 e. The second kappa shape index (κ2) is 10.8. The minimum absolute atomic E-state index is 0.144. The summed E-state index contributed by atoms with van der Waals surface area (Å²) in [5, 5.41) is -0.0897. The molecule has 0 unspecified atom stereocenters. The van der Waals surface area contributed by atoms with E-state index in [9.17, 15) is 19.2 Å². The molecule has 0 spiro atoms. The van der Waals surface area contributed by atoms with Gasteiger partial charge in [0, 0.05) is 23.9 Å². The van der Waals surface area contributed by atoms with E-state index < -0.39 is 17.1 Å². The van der Waals surface area contributed by atoms with E-state index in [0.29, 0.717) is 59.0 Å². The Balaban J connectivity index is 1.32. The zero-order valence-corrected chi connectivity index (χ0v) is 23.5. The number of hydrogen-bond acceptors (Lipinski definition) is 9. The molecule has 1 aromatic heterocycles. The predicted molar refractivity (Wildman–Crippen MR) is 149 cm³/mol. The van der Waals surface area contributed by atoms with E-state index in [-0.39, 0.29) is 29.2 Å². The zero-order chi connectivity index (χ0) is 28.0. The van der Waals surface area contributed by atoms with Gasteiger partial charge in [-0.1, -0.05) is 46.9 Å². The Kier molecular flexibility index (Phi) is 7.15. The van der Waals surface area contributed by atoms with Crippen LogP contribution in [0.3, 0.4) is 0 Å². The first-order valence-electron chi connectivity index (χ1n) is 12.9. The van der Waals surface area contributed by atoms with Gasteiger partial charge >= 0.3 is 4.87 Å². The number of thiazole rings is 1. The lowest BCUT2D eigenvalue weighted by Gasteiger charge is -2.30. The smallest absolute Gasteiger partial charge is 0.305 e. The van der Waals surface area contributed by atoms with Crippen molar-refractivity contribution in [3.63, 3.8) is 0 Å². The normalized spacial score (nSPS) is 22.2. The summed E-state index contributed by atoms with van der Waals surface area (Å²) in [5.74, 6) is -1.24. The third-order valence-electron chi connectivity index (χ3n) is 7.38. The number of thioether (sulfide) groups is 1. The summed E-state index contributed by atoms with van der Waals surface area (Å²) in [6.07, 6.45) is 0. The number of aromatic nitrogens is 1. The van der Waals surface area contributed by atoms with Crippen molar-refractivity contribution < 1.29 is 28.6 Å². The SMILES string of the molecule is COc1cc([C@@H]2c3sc(=O)[nH]c3S[C@H]3C(=O)N(c4ccc(C)cc4)C(=O)[C@@H]23)ccc1OCC(=O)N1CCOCC1. The highest BCUT2D eigenvalue weighted by Crippen LogP contribution is 2.53. The molecular weight excluding hydrogens is 554 g/mol. The Labute approximate surface area is 238 Å². The molecule has 2 fully saturated rings. The fourth-order valence-electron chi connectivity index (χ4n) is 5.36. The number of aryl methyl sites for hydroxylation is 1. The van der Waals surface area contributed by atoms with Gasteiger partial charge in [0.15, 0.2) is 18.1 Å². The molecule has 1 N–H and O–H groups in total. The first-order valence-corrected chi connectivity index (χ1v) is 14.6. The third kappa shape index (κ3) is 4.69. The summed E-state index contributed by atoms with van der Waals surface area (Å²) < 4.78 is 16.7. The Bertz CT molecular complexity index is 1530. The highest BCUT2D eigenvalue weighted by Gasteiger charge is 2.56. The van der Waals surface area contributed by atoms with Crippen molar-refractivity contribution in [2.75, 3.05) is 44.9 Å². The van der Waals surface area contributed by atoms with Gasteiger partial charge in [-0.25, -0.2) is 4.90 Å². The molecule has 10 nitrogen and oxygen atoms in total. The Hall–Kier alpha value is -3.61. The largest absolute Gasteiger partial charge is 0.493 e. The monoisotopic (exact) mass is 581 g/mol. The highest BCUT2D eigenvalue weighted by atomic mass is 32.2. The van der Waals surface area contributed by atoms with Crippen LogP contribution >= 0.6 is 23.1 Å². The van der Waals surface area contributed by atoms with E-state index in [1.165, 1.54) is 23.8 Å². The number of anilines is 1. The molecule has 3 aliphatic rings. The average molecular weight is 582 g/mol. The van der Waals surface area contributed by atoms with Gasteiger partial charge in [-0.2, -0.15) is 0 Å². The number of amides is 3. The molecule has 3 aromatic rings. The van der Waals surface area contributed by atoms with Crippen molar-refractivity contribution >= 4 is 46.5 Å². The van der Waals surface area contributed by atoms with Crippen LogP contribution in [0.1, 0.15) is 21.9 Å². The number of carbonyl (C=O) groups excluding carboxylic acids is 3. The van der Waals surface area contributed by atoms with Crippen molar-refractivity contribution in [3.05, 3.63) is 68.1 Å². The van der Waals surface area contributed by atoms with Crippen LogP contribution < -0.4 is 19.2 Å². The number of rotatable bonds is 6. The van der Waals surface area contributed by atoms with E-state index in [0.717, 1.165) is 16.9 Å². The molecule has 12 heteroatoms. The van der Waals surface area contributed by atoms with Gasteiger partial charge in [-0.3, -0.25) is 19.2 Å². The number of morpholine rings is 1. The fourth-order valence-corrected chi connectivity index (χ4v) is 7.88. The van der Waals surface area contributed by atoms with E-state index in [4.69, 9.17) is 14.2 Å². The Morgan fingerprint density at radius 1 is 1.05 bits per heavy atom. The molecule has 208 valence electrons. The second-order valence-corrected chi connectivity index (χ2v) is 12.0. The lowest BCUT2D eigenvalue weighted by atomic mass is 9.83. The summed E-state index contributed by atoms with van der Waals surface area (Å²) >= 11 is 2.28. The van der Waals surface area contributed by atoms with E-state index in [1.807, 2.05) is 19.1 Å². The number of benzene rings is 2. The molecule has 2 saturated heterocycles. The highest BCUT2D eigenvalue weighted by molar-refractivity contribution is 8.00. The standard InChI is InChI=1S/C28H27N3O7S2/c1-15-3-6-17(7-4-15)31-26(33)22-21(23-25(29-28(35)40-23)39-24(22)27(31)34)16-5-8-18(19(13-16)36-2)38-14-20(32)30-9-11-37-12-10-30/h3-8,13,21-22,24H,9-12,14H2,1-2H3,(H,29,35)/t21-,22-,24+/m0/s1. The van der Waals surface area contributed by atoms with Crippen LogP contribution in [0, 0.1) is 12.8 Å². The zero-order valence-electron chi connectivity index (χ0n) is 21.9. The van der Waals surface area contributed by atoms with Crippen LogP contribution in [0.2, 0.25) is 0 Å². The molecule has 6 rings (SSSR count). The van der Waals surface area contributed by atoms with Crippen LogP contribution in [0.5, 0.6) is 11.5 Å². The van der Waals surface area contributed by atoms with Gasteiger partial charge in [0.05, 0.1) is 37.0 Å². The van der Waals surface area contributed by atoms with Gasteiger partial charge < -0.3 is 24.1 Å². The van der Waals surface area contributed by atoms with Crippen molar-refractivity contribution in [2.24, 2.45) is 5.92 Å². The second-order valence-electron chi connectivity index (χ2n) is 9.79. The molecule has 3 amide bonds. The minimum Gasteiger partial charge on any atom is -0.493 e. The lowest BCUT2D eigenvalue weighted by molar-refractivity contribution is -0.137. The first kappa shape index (κ1) is 26.6. The first-order chi connectivity index (χ1) is 19.4. The number of aromatic amines is 1. The molecule has 2 aromatic carbocycles. The number of nitrogens with zero attached hydrogens (tertiary/aromatic N) is 2. The summed E-state index contributed by atoms with van der Waals surface area (Å²) in [7, 11) is 1.50. The van der Waals surface area contributed by atoms with Crippen molar-refractivity contribution in [1.29, 1.82) is 0 Å². The molecule has 3 aliphatic heterocycles. The van der Waals surface area contributed by atoms with Gasteiger partial charge in [-0.15, -0.1) is 0 Å². The quantitative estimate of drug-likeness (QED) is 0.442. The summed E-state index contributed by atoms with van der Waals surface area (Å²) in [6.45, 7) is 3.84. The van der Waals surface area contributed by atoms with Gasteiger partial charge in [0.2, 0.25) is 11.8 Å². The van der Waals surface area contributed by atoms with E-state index in [2.05, 4.69) is 4.98 Å². The maximum atomic E-state index is 13.9. The number of carbonyl (C=O) groups is 3. The van der Waals surface area contributed by atoms with Crippen LogP contribution in [-0.2, 0) is 19.1 Å². The van der Waals surface area contributed by atoms with Gasteiger partial charge in [0.1, 0.15) is 5.25 Å². The topological polar surface area (TPSA) is 118 Å². The number of H-pyrrole nitrogens is 1. The lowest BCUT2D eigenvalue weighted by Crippen LogP contribution is -2.43. The fraction of sp³-hybridized carbons (Fsp3) is 0.357. The van der Waals surface area contributed by atoms with Crippen LogP contribution in [0.4, 0.5) is 5.69 Å². The van der Waals surface area contributed by atoms with Crippen molar-refractivity contribution in [2.45, 2.75) is 23.1 Å². The molecule has 0 radical (unpaired) electrons. The number of methoxy groups -OCH3 is 1. The summed E-state index contributed by atoms with van der Waals surface area (Å²) in [6, 6.07) is 12.5. The molecule has 0 saturated carbocycles. The van der Waals surface area contributed by atoms with E-state index >= 15 is 0 Å². The maximum absolute atomic E-state index is 13.9. The van der Waals surface area contributed by atoms with Gasteiger partial charge in [-0.05, 0) is 36.8 Å². The summed E-state index contributed by atoms with van der Waals surface area (Å²) in [4.78, 5) is 58.7. The number of ether oxygens (including phenoxy) is 3. The van der Waals surface area contributed by atoms with Crippen molar-refractivity contribution in [3.8, 4) is 11.5 Å².